The Labute approximate surface area is 150 Å². The van der Waals surface area contributed by atoms with Gasteiger partial charge in [-0.2, -0.15) is 0 Å². The van der Waals surface area contributed by atoms with E-state index in [0.29, 0.717) is 37.3 Å². The topological polar surface area (TPSA) is 40.6 Å². The lowest BCUT2D eigenvalue weighted by molar-refractivity contribution is 0.0718. The Kier molecular flexibility index (Phi) is 5.30. The molecule has 1 saturated heterocycles. The van der Waals surface area contributed by atoms with Crippen molar-refractivity contribution in [1.82, 2.24) is 9.80 Å². The highest BCUT2D eigenvalue weighted by Gasteiger charge is 2.23. The number of benzene rings is 2. The molecule has 2 amide bonds. The standard InChI is InChI=1S/C19H19BrN2O2/c20-17-9-4-8-16(14-17)19(24)22-11-5-10-21(12-13-22)18(23)15-6-2-1-3-7-15/h1-4,6-9,14H,5,10-13H2. The Balaban J connectivity index is 1.67. The second-order valence-electron chi connectivity index (χ2n) is 5.81. The molecule has 0 aromatic heterocycles. The number of hydrogen-bond donors (Lipinski definition) is 0. The normalized spacial score (nSPS) is 15.0. The van der Waals surface area contributed by atoms with Crippen LogP contribution in [-0.2, 0) is 0 Å². The van der Waals surface area contributed by atoms with E-state index < -0.39 is 0 Å². The number of carbonyl (C=O) groups is 2. The van der Waals surface area contributed by atoms with Gasteiger partial charge in [0.25, 0.3) is 11.8 Å². The Morgan fingerprint density at radius 3 is 1.96 bits per heavy atom. The first-order valence-corrected chi connectivity index (χ1v) is 8.83. The van der Waals surface area contributed by atoms with Gasteiger partial charge in [0, 0.05) is 41.8 Å². The van der Waals surface area contributed by atoms with E-state index in [0.717, 1.165) is 10.9 Å². The lowest BCUT2D eigenvalue weighted by Gasteiger charge is -2.22. The number of carbonyl (C=O) groups excluding carboxylic acids is 2. The van der Waals surface area contributed by atoms with Gasteiger partial charge in [0.2, 0.25) is 0 Å². The molecule has 0 radical (unpaired) electrons. The van der Waals surface area contributed by atoms with Gasteiger partial charge in [0.05, 0.1) is 0 Å². The molecule has 1 heterocycles. The number of halogens is 1. The highest BCUT2D eigenvalue weighted by Crippen LogP contribution is 2.15. The van der Waals surface area contributed by atoms with Gasteiger partial charge >= 0.3 is 0 Å². The summed E-state index contributed by atoms with van der Waals surface area (Å²) in [4.78, 5) is 28.9. The summed E-state index contributed by atoms with van der Waals surface area (Å²) in [7, 11) is 0. The molecule has 24 heavy (non-hydrogen) atoms. The van der Waals surface area contributed by atoms with Gasteiger partial charge in [-0.1, -0.05) is 40.2 Å². The predicted molar refractivity (Wildman–Crippen MR) is 97.0 cm³/mol. The molecule has 124 valence electrons. The molecule has 2 aromatic rings. The minimum atomic E-state index is 0.0188. The van der Waals surface area contributed by atoms with Crippen molar-refractivity contribution < 1.29 is 9.59 Å². The average Bonchev–Trinajstić information content (AvgIpc) is 2.87. The summed E-state index contributed by atoms with van der Waals surface area (Å²) in [5.74, 6) is 0.0534. The van der Waals surface area contributed by atoms with Crippen LogP contribution in [0, 0.1) is 0 Å². The van der Waals surface area contributed by atoms with Gasteiger partial charge < -0.3 is 9.80 Å². The molecular formula is C19H19BrN2O2. The molecule has 4 nitrogen and oxygen atoms in total. The van der Waals surface area contributed by atoms with Gasteiger partial charge in [-0.15, -0.1) is 0 Å². The summed E-state index contributed by atoms with van der Waals surface area (Å²) < 4.78 is 0.893. The van der Waals surface area contributed by atoms with Crippen molar-refractivity contribution in [2.45, 2.75) is 6.42 Å². The predicted octanol–water partition coefficient (Wildman–Crippen LogP) is 3.44. The lowest BCUT2D eigenvalue weighted by atomic mass is 10.2. The molecule has 0 spiro atoms. The van der Waals surface area contributed by atoms with Crippen LogP contribution in [0.25, 0.3) is 0 Å². The maximum atomic E-state index is 12.7. The van der Waals surface area contributed by atoms with E-state index in [1.54, 1.807) is 0 Å². The maximum Gasteiger partial charge on any atom is 0.253 e. The largest absolute Gasteiger partial charge is 0.337 e. The third-order valence-electron chi connectivity index (χ3n) is 4.16. The molecule has 1 fully saturated rings. The minimum Gasteiger partial charge on any atom is -0.337 e. The fourth-order valence-electron chi connectivity index (χ4n) is 2.89. The summed E-state index contributed by atoms with van der Waals surface area (Å²) in [6, 6.07) is 16.7. The second kappa shape index (κ2) is 7.62. The molecule has 2 aromatic carbocycles. The van der Waals surface area contributed by atoms with Gasteiger partial charge in [-0.25, -0.2) is 0 Å². The first kappa shape index (κ1) is 16.7. The number of rotatable bonds is 2. The van der Waals surface area contributed by atoms with Gasteiger partial charge in [-0.05, 0) is 36.8 Å². The van der Waals surface area contributed by atoms with Crippen LogP contribution < -0.4 is 0 Å². The van der Waals surface area contributed by atoms with Gasteiger partial charge in [-0.3, -0.25) is 9.59 Å². The smallest absolute Gasteiger partial charge is 0.253 e. The first-order chi connectivity index (χ1) is 11.6. The highest BCUT2D eigenvalue weighted by molar-refractivity contribution is 9.10. The Morgan fingerprint density at radius 1 is 0.750 bits per heavy atom. The summed E-state index contributed by atoms with van der Waals surface area (Å²) in [5.41, 5.74) is 1.37. The van der Waals surface area contributed by atoms with E-state index >= 15 is 0 Å². The average molecular weight is 387 g/mol. The first-order valence-electron chi connectivity index (χ1n) is 8.04. The van der Waals surface area contributed by atoms with E-state index in [4.69, 9.17) is 0 Å². The van der Waals surface area contributed by atoms with Crippen molar-refractivity contribution in [2.24, 2.45) is 0 Å². The summed E-state index contributed by atoms with van der Waals surface area (Å²) in [6.07, 6.45) is 0.790. The molecule has 3 rings (SSSR count). The Morgan fingerprint density at radius 2 is 1.33 bits per heavy atom. The monoisotopic (exact) mass is 386 g/mol. The van der Waals surface area contributed by atoms with Crippen molar-refractivity contribution in [1.29, 1.82) is 0 Å². The Bertz CT molecular complexity index is 733. The molecule has 0 atom stereocenters. The molecule has 0 saturated carbocycles. The van der Waals surface area contributed by atoms with Crippen molar-refractivity contribution in [3.63, 3.8) is 0 Å². The van der Waals surface area contributed by atoms with Crippen LogP contribution in [0.1, 0.15) is 27.1 Å². The molecule has 0 unspecified atom stereocenters. The summed E-state index contributed by atoms with van der Waals surface area (Å²) >= 11 is 3.40. The zero-order valence-electron chi connectivity index (χ0n) is 13.3. The molecule has 5 heteroatoms. The van der Waals surface area contributed by atoms with Crippen molar-refractivity contribution in [3.05, 3.63) is 70.2 Å². The molecule has 1 aliphatic rings. The third kappa shape index (κ3) is 3.85. The van der Waals surface area contributed by atoms with Crippen molar-refractivity contribution in [3.8, 4) is 0 Å². The molecule has 0 bridgehead atoms. The molecule has 1 aliphatic heterocycles. The second-order valence-corrected chi connectivity index (χ2v) is 6.73. The minimum absolute atomic E-state index is 0.0188. The van der Waals surface area contributed by atoms with Crippen LogP contribution in [0.3, 0.4) is 0 Å². The quantitative estimate of drug-likeness (QED) is 0.792. The van der Waals surface area contributed by atoms with E-state index in [-0.39, 0.29) is 11.8 Å². The molecule has 0 N–H and O–H groups in total. The summed E-state index contributed by atoms with van der Waals surface area (Å²) in [5, 5.41) is 0. The zero-order chi connectivity index (χ0) is 16.9. The number of hydrogen-bond acceptors (Lipinski definition) is 2. The van der Waals surface area contributed by atoms with E-state index in [1.165, 1.54) is 0 Å². The van der Waals surface area contributed by atoms with Crippen molar-refractivity contribution >= 4 is 27.7 Å². The van der Waals surface area contributed by atoms with E-state index in [2.05, 4.69) is 15.9 Å². The highest BCUT2D eigenvalue weighted by atomic mass is 79.9. The number of nitrogens with zero attached hydrogens (tertiary/aromatic N) is 2. The Hall–Kier alpha value is -2.14. The van der Waals surface area contributed by atoms with Crippen LogP contribution in [-0.4, -0.2) is 47.8 Å². The fraction of sp³-hybridized carbons (Fsp3) is 0.263. The van der Waals surface area contributed by atoms with Crippen LogP contribution in [0.2, 0.25) is 0 Å². The fourth-order valence-corrected chi connectivity index (χ4v) is 3.29. The number of amides is 2. The van der Waals surface area contributed by atoms with E-state index in [9.17, 15) is 9.59 Å². The van der Waals surface area contributed by atoms with Crippen LogP contribution in [0.15, 0.2) is 59.1 Å². The van der Waals surface area contributed by atoms with Crippen molar-refractivity contribution in [2.75, 3.05) is 26.2 Å². The summed E-state index contributed by atoms with van der Waals surface area (Å²) in [6.45, 7) is 2.47. The van der Waals surface area contributed by atoms with Crippen LogP contribution in [0.5, 0.6) is 0 Å². The van der Waals surface area contributed by atoms with Crippen LogP contribution in [0.4, 0.5) is 0 Å². The van der Waals surface area contributed by atoms with Gasteiger partial charge in [0.15, 0.2) is 0 Å². The molecular weight excluding hydrogens is 368 g/mol. The zero-order valence-corrected chi connectivity index (χ0v) is 14.9. The van der Waals surface area contributed by atoms with E-state index in [1.807, 2.05) is 64.4 Å². The molecule has 0 aliphatic carbocycles. The van der Waals surface area contributed by atoms with Gasteiger partial charge in [0.1, 0.15) is 0 Å². The SMILES string of the molecule is O=C(c1ccccc1)N1CCCN(C(=O)c2cccc(Br)c2)CC1. The third-order valence-corrected chi connectivity index (χ3v) is 4.66. The lowest BCUT2D eigenvalue weighted by Crippen LogP contribution is -2.37. The van der Waals surface area contributed by atoms with Crippen LogP contribution >= 0.6 is 15.9 Å². The maximum absolute atomic E-state index is 12.7.